The van der Waals surface area contributed by atoms with E-state index in [0.717, 1.165) is 30.5 Å². The summed E-state index contributed by atoms with van der Waals surface area (Å²) in [5.74, 6) is 0.713. The van der Waals surface area contributed by atoms with Gasteiger partial charge in [0, 0.05) is 22.9 Å². The molecule has 1 spiro atoms. The molecule has 3 N–H and O–H groups in total. The van der Waals surface area contributed by atoms with Gasteiger partial charge in [-0.05, 0) is 37.1 Å². The Bertz CT molecular complexity index is 730. The number of carbonyl (C=O) groups excluding carboxylic acids is 1. The Morgan fingerprint density at radius 1 is 1.41 bits per heavy atom. The Labute approximate surface area is 127 Å². The summed E-state index contributed by atoms with van der Waals surface area (Å²) >= 11 is 0. The maximum atomic E-state index is 11.6. The Morgan fingerprint density at radius 2 is 2.27 bits per heavy atom. The van der Waals surface area contributed by atoms with E-state index < -0.39 is 17.1 Å². The lowest BCUT2D eigenvalue weighted by Crippen LogP contribution is -2.68. The van der Waals surface area contributed by atoms with Crippen molar-refractivity contribution in [2.45, 2.75) is 36.0 Å². The molecule has 114 valence electrons. The molecule has 4 aliphatic rings. The van der Waals surface area contributed by atoms with Crippen LogP contribution in [0.25, 0.3) is 0 Å². The fraction of sp³-hybridized carbons (Fsp3) is 0.471. The van der Waals surface area contributed by atoms with Gasteiger partial charge in [0.2, 0.25) is 0 Å². The third-order valence-corrected chi connectivity index (χ3v) is 5.98. The molecule has 0 radical (unpaired) electrons. The summed E-state index contributed by atoms with van der Waals surface area (Å²) in [6, 6.07) is 3.86. The molecule has 1 aromatic rings. The van der Waals surface area contributed by atoms with Crippen molar-refractivity contribution in [3.63, 3.8) is 0 Å². The zero-order chi connectivity index (χ0) is 15.1. The summed E-state index contributed by atoms with van der Waals surface area (Å²) in [6.45, 7) is 0.818. The predicted molar refractivity (Wildman–Crippen MR) is 78.0 cm³/mol. The van der Waals surface area contributed by atoms with E-state index in [1.165, 1.54) is 0 Å². The fourth-order valence-corrected chi connectivity index (χ4v) is 5.18. The summed E-state index contributed by atoms with van der Waals surface area (Å²) in [7, 11) is 0. The number of carbonyl (C=O) groups is 1. The molecule has 2 bridgehead atoms. The number of hydrogen-bond acceptors (Lipinski definition) is 5. The Morgan fingerprint density at radius 3 is 3.09 bits per heavy atom. The molecule has 5 rings (SSSR count). The first-order valence-electron chi connectivity index (χ1n) is 7.73. The molecule has 22 heavy (non-hydrogen) atoms. The monoisotopic (exact) mass is 299 g/mol. The highest BCUT2D eigenvalue weighted by Crippen LogP contribution is 2.62. The van der Waals surface area contributed by atoms with Gasteiger partial charge in [0.25, 0.3) is 0 Å². The predicted octanol–water partition coefficient (Wildman–Crippen LogP) is 0.425. The van der Waals surface area contributed by atoms with E-state index in [2.05, 4.69) is 5.32 Å². The minimum atomic E-state index is -1.64. The number of benzene rings is 1. The number of phenols is 1. The van der Waals surface area contributed by atoms with E-state index in [4.69, 9.17) is 4.74 Å². The van der Waals surface area contributed by atoms with Crippen LogP contribution >= 0.6 is 0 Å². The summed E-state index contributed by atoms with van der Waals surface area (Å²) in [5.41, 5.74) is 0.0812. The number of aldehydes is 1. The van der Waals surface area contributed by atoms with Crippen LogP contribution in [-0.2, 0) is 16.6 Å². The van der Waals surface area contributed by atoms with Gasteiger partial charge in [-0.2, -0.15) is 0 Å². The van der Waals surface area contributed by atoms with E-state index in [9.17, 15) is 15.0 Å². The quantitative estimate of drug-likeness (QED) is 0.517. The molecule has 2 aliphatic carbocycles. The summed E-state index contributed by atoms with van der Waals surface area (Å²) in [5, 5.41) is 24.5. The minimum Gasteiger partial charge on any atom is -0.504 e. The average Bonchev–Trinajstić information content (AvgIpc) is 2.86. The number of aliphatic hydroxyl groups is 1. The van der Waals surface area contributed by atoms with Crippen LogP contribution in [0.5, 0.6) is 11.5 Å². The van der Waals surface area contributed by atoms with Gasteiger partial charge in [0.1, 0.15) is 6.10 Å². The first-order chi connectivity index (χ1) is 10.6. The second kappa shape index (κ2) is 3.73. The third-order valence-electron chi connectivity index (χ3n) is 5.98. The van der Waals surface area contributed by atoms with Crippen molar-refractivity contribution in [2.75, 3.05) is 6.54 Å². The largest absolute Gasteiger partial charge is 0.504 e. The molecule has 5 heteroatoms. The van der Waals surface area contributed by atoms with Crippen molar-refractivity contribution >= 4 is 6.29 Å². The highest BCUT2D eigenvalue weighted by atomic mass is 16.5. The molecule has 5 atom stereocenters. The van der Waals surface area contributed by atoms with E-state index in [1.807, 2.05) is 12.1 Å². The Kier molecular flexibility index (Phi) is 2.15. The number of phenolic OH excluding ortho intramolecular Hbond substituents is 1. The van der Waals surface area contributed by atoms with Gasteiger partial charge in [-0.15, -0.1) is 0 Å². The lowest BCUT2D eigenvalue weighted by Gasteiger charge is -2.55. The van der Waals surface area contributed by atoms with Crippen LogP contribution in [0.3, 0.4) is 0 Å². The van der Waals surface area contributed by atoms with Crippen LogP contribution in [0.4, 0.5) is 0 Å². The van der Waals surface area contributed by atoms with E-state index in [0.29, 0.717) is 12.0 Å². The first kappa shape index (κ1) is 12.7. The topological polar surface area (TPSA) is 78.8 Å². The lowest BCUT2D eigenvalue weighted by molar-refractivity contribution is -0.135. The summed E-state index contributed by atoms with van der Waals surface area (Å²) in [6.07, 6.45) is 5.08. The average molecular weight is 299 g/mol. The summed E-state index contributed by atoms with van der Waals surface area (Å²) in [4.78, 5) is 11.6. The van der Waals surface area contributed by atoms with E-state index in [1.54, 1.807) is 12.1 Å². The molecule has 1 aromatic carbocycles. The van der Waals surface area contributed by atoms with Gasteiger partial charge in [0.15, 0.2) is 23.4 Å². The van der Waals surface area contributed by atoms with Gasteiger partial charge in [-0.1, -0.05) is 12.1 Å². The molecule has 0 aromatic heterocycles. The number of ether oxygens (including phenoxy) is 1. The zero-order valence-electron chi connectivity index (χ0n) is 12.0. The molecule has 0 saturated carbocycles. The van der Waals surface area contributed by atoms with Gasteiger partial charge >= 0.3 is 0 Å². The number of nitrogens with one attached hydrogen (secondary N) is 1. The van der Waals surface area contributed by atoms with Crippen LogP contribution in [-0.4, -0.2) is 40.8 Å². The van der Waals surface area contributed by atoms with E-state index >= 15 is 0 Å². The third kappa shape index (κ3) is 1.18. The van der Waals surface area contributed by atoms with Crippen molar-refractivity contribution in [1.82, 2.24) is 5.32 Å². The molecule has 5 nitrogen and oxygen atoms in total. The Hall–Kier alpha value is -1.85. The van der Waals surface area contributed by atoms with E-state index in [-0.39, 0.29) is 17.7 Å². The van der Waals surface area contributed by atoms with Crippen molar-refractivity contribution in [1.29, 1.82) is 0 Å². The SMILES string of the molecule is O=C[C@]1(O)C=C[C@H]2[C@H]3Cc4ccc(O)c5c4[C@@]2(CCN3)[C@H]1O5. The van der Waals surface area contributed by atoms with Crippen LogP contribution in [0.1, 0.15) is 17.5 Å². The maximum absolute atomic E-state index is 11.6. The molecule has 1 saturated heterocycles. The van der Waals surface area contributed by atoms with Crippen LogP contribution in [0.2, 0.25) is 0 Å². The van der Waals surface area contributed by atoms with Gasteiger partial charge in [0.05, 0.1) is 0 Å². The second-order valence-electron chi connectivity index (χ2n) is 6.89. The van der Waals surface area contributed by atoms with Crippen molar-refractivity contribution in [3.8, 4) is 11.5 Å². The number of piperidine rings is 1. The van der Waals surface area contributed by atoms with Crippen LogP contribution in [0.15, 0.2) is 24.3 Å². The highest BCUT2D eigenvalue weighted by molar-refractivity contribution is 5.73. The molecular formula is C17H17NO4. The van der Waals surface area contributed by atoms with Crippen LogP contribution in [0, 0.1) is 5.92 Å². The number of hydrogen-bond donors (Lipinski definition) is 3. The highest BCUT2D eigenvalue weighted by Gasteiger charge is 2.67. The lowest BCUT2D eigenvalue weighted by atomic mass is 9.52. The van der Waals surface area contributed by atoms with Crippen LogP contribution < -0.4 is 10.1 Å². The van der Waals surface area contributed by atoms with Gasteiger partial charge in [-0.25, -0.2) is 0 Å². The summed E-state index contributed by atoms with van der Waals surface area (Å²) < 4.78 is 6.01. The maximum Gasteiger partial charge on any atom is 0.175 e. The van der Waals surface area contributed by atoms with Crippen molar-refractivity contribution < 1.29 is 19.7 Å². The molecule has 0 unspecified atom stereocenters. The van der Waals surface area contributed by atoms with Gasteiger partial charge in [-0.3, -0.25) is 4.79 Å². The Balaban J connectivity index is 1.86. The second-order valence-corrected chi connectivity index (χ2v) is 6.89. The molecule has 2 aliphatic heterocycles. The first-order valence-corrected chi connectivity index (χ1v) is 7.73. The minimum absolute atomic E-state index is 0.0894. The molecular weight excluding hydrogens is 282 g/mol. The normalized spacial score (nSPS) is 43.4. The van der Waals surface area contributed by atoms with Gasteiger partial charge < -0.3 is 20.3 Å². The fourth-order valence-electron chi connectivity index (χ4n) is 5.18. The molecule has 1 fully saturated rings. The molecule has 2 heterocycles. The van der Waals surface area contributed by atoms with Crippen molar-refractivity contribution in [2.24, 2.45) is 5.92 Å². The molecule has 0 amide bonds. The standard InChI is InChI=1S/C17H17NO4/c19-8-16(21)4-3-10-11-7-9-1-2-12(20)14-13(9)17(10,5-6-18-11)15(16)22-14/h1-4,8,10-11,15,18,20-21H,5-7H2/t10-,11+,15-,16+,17-/m0/s1. The number of aromatic hydroxyl groups is 1. The zero-order valence-corrected chi connectivity index (χ0v) is 12.0. The number of rotatable bonds is 1. The van der Waals surface area contributed by atoms with Crippen molar-refractivity contribution in [3.05, 3.63) is 35.4 Å². The smallest absolute Gasteiger partial charge is 0.175 e.